The average molecular weight is 524 g/mol. The molecule has 0 unspecified atom stereocenters. The zero-order valence-electron chi connectivity index (χ0n) is 20.8. The molecular weight excluding hydrogens is 497 g/mol. The zero-order chi connectivity index (χ0) is 26.7. The van der Waals surface area contributed by atoms with Crippen molar-refractivity contribution in [3.8, 4) is 11.1 Å². The van der Waals surface area contributed by atoms with Gasteiger partial charge in [-0.1, -0.05) is 17.7 Å². The number of amides is 1. The molecule has 2 aromatic carbocycles. The molecule has 1 amide bonds. The molecule has 0 spiro atoms. The number of carbonyl (C=O) groups is 1. The molecule has 0 saturated heterocycles. The van der Waals surface area contributed by atoms with E-state index in [9.17, 15) is 13.2 Å². The standard InChI is InChI=1S/C26H26FN5O4S/c1-15-5-7-16(8-6-15)37(34,35)32-13-19(21-23(28)29-14-30-24(21)32)17-9-10-20-18(22(17)27)11-12-31(20)25(33)36-26(2,3)4/h5-10,13-14H,11-12H2,1-4H3,(H2,28,29,30). The maximum Gasteiger partial charge on any atom is 0.414 e. The molecule has 0 bridgehead atoms. The first kappa shape index (κ1) is 24.7. The van der Waals surface area contributed by atoms with E-state index in [1.807, 2.05) is 6.92 Å². The van der Waals surface area contributed by atoms with Crippen molar-refractivity contribution in [2.24, 2.45) is 0 Å². The van der Waals surface area contributed by atoms with Gasteiger partial charge in [0.25, 0.3) is 10.0 Å². The molecule has 4 aromatic rings. The Balaban J connectivity index is 1.65. The average Bonchev–Trinajstić information content (AvgIpc) is 3.42. The van der Waals surface area contributed by atoms with E-state index < -0.39 is 27.5 Å². The van der Waals surface area contributed by atoms with Crippen molar-refractivity contribution < 1.29 is 22.3 Å². The van der Waals surface area contributed by atoms with Gasteiger partial charge in [0.05, 0.1) is 16.0 Å². The van der Waals surface area contributed by atoms with Crippen LogP contribution in [-0.2, 0) is 21.2 Å². The number of nitrogen functional groups attached to an aromatic ring is 1. The number of halogens is 1. The van der Waals surface area contributed by atoms with Crippen molar-refractivity contribution >= 4 is 38.7 Å². The van der Waals surface area contributed by atoms with Crippen molar-refractivity contribution in [1.82, 2.24) is 13.9 Å². The molecule has 2 aromatic heterocycles. The van der Waals surface area contributed by atoms with Gasteiger partial charge in [0.1, 0.15) is 23.6 Å². The second-order valence-corrected chi connectivity index (χ2v) is 11.7. The summed E-state index contributed by atoms with van der Waals surface area (Å²) in [5, 5.41) is 0.221. The van der Waals surface area contributed by atoms with Crippen LogP contribution < -0.4 is 10.6 Å². The van der Waals surface area contributed by atoms with E-state index in [2.05, 4.69) is 9.97 Å². The van der Waals surface area contributed by atoms with Gasteiger partial charge in [-0.05, 0) is 58.4 Å². The van der Waals surface area contributed by atoms with Gasteiger partial charge in [-0.25, -0.2) is 31.5 Å². The van der Waals surface area contributed by atoms with Gasteiger partial charge in [0.15, 0.2) is 5.65 Å². The lowest BCUT2D eigenvalue weighted by atomic mass is 10.0. The summed E-state index contributed by atoms with van der Waals surface area (Å²) in [6.07, 6.45) is 2.20. The van der Waals surface area contributed by atoms with Crippen LogP contribution in [0.4, 0.5) is 20.7 Å². The van der Waals surface area contributed by atoms with Gasteiger partial charge < -0.3 is 10.5 Å². The lowest BCUT2D eigenvalue weighted by molar-refractivity contribution is 0.0584. The molecule has 5 rings (SSSR count). The van der Waals surface area contributed by atoms with Crippen molar-refractivity contribution in [1.29, 1.82) is 0 Å². The molecule has 192 valence electrons. The number of anilines is 2. The summed E-state index contributed by atoms with van der Waals surface area (Å²) in [5.41, 5.74) is 7.51. The Morgan fingerprint density at radius 2 is 1.78 bits per heavy atom. The largest absolute Gasteiger partial charge is 0.443 e. The molecule has 0 saturated carbocycles. The van der Waals surface area contributed by atoms with Crippen LogP contribution in [0.15, 0.2) is 53.8 Å². The van der Waals surface area contributed by atoms with Gasteiger partial charge in [0, 0.05) is 29.4 Å². The highest BCUT2D eigenvalue weighted by Crippen LogP contribution is 2.40. The third-order valence-electron chi connectivity index (χ3n) is 6.16. The Kier molecular flexibility index (Phi) is 5.70. The van der Waals surface area contributed by atoms with E-state index in [1.54, 1.807) is 39.0 Å². The first-order valence-electron chi connectivity index (χ1n) is 11.6. The fourth-order valence-electron chi connectivity index (χ4n) is 4.43. The molecule has 37 heavy (non-hydrogen) atoms. The zero-order valence-corrected chi connectivity index (χ0v) is 21.6. The maximum absolute atomic E-state index is 15.9. The van der Waals surface area contributed by atoms with E-state index in [0.29, 0.717) is 11.3 Å². The van der Waals surface area contributed by atoms with E-state index in [4.69, 9.17) is 10.5 Å². The molecule has 1 aliphatic rings. The Morgan fingerprint density at radius 1 is 1.08 bits per heavy atom. The molecule has 0 fully saturated rings. The molecular formula is C26H26FN5O4S. The van der Waals surface area contributed by atoms with Crippen LogP contribution in [0, 0.1) is 12.7 Å². The van der Waals surface area contributed by atoms with Crippen molar-refractivity contribution in [2.45, 2.75) is 44.6 Å². The van der Waals surface area contributed by atoms with Gasteiger partial charge in [-0.2, -0.15) is 0 Å². The Bertz CT molecular complexity index is 1660. The predicted octanol–water partition coefficient (Wildman–Crippen LogP) is 4.66. The van der Waals surface area contributed by atoms with Crippen molar-refractivity contribution in [2.75, 3.05) is 17.2 Å². The lowest BCUT2D eigenvalue weighted by Gasteiger charge is -2.24. The summed E-state index contributed by atoms with van der Waals surface area (Å²) < 4.78 is 49.5. The lowest BCUT2D eigenvalue weighted by Crippen LogP contribution is -2.35. The smallest absolute Gasteiger partial charge is 0.414 e. The molecule has 9 nitrogen and oxygen atoms in total. The number of rotatable bonds is 3. The minimum absolute atomic E-state index is 0.0214. The maximum atomic E-state index is 15.9. The van der Waals surface area contributed by atoms with E-state index >= 15 is 4.39 Å². The van der Waals surface area contributed by atoms with E-state index in [1.165, 1.54) is 35.6 Å². The number of hydrogen-bond donors (Lipinski definition) is 1. The summed E-state index contributed by atoms with van der Waals surface area (Å²) in [5.74, 6) is -0.549. The van der Waals surface area contributed by atoms with E-state index in [0.717, 1.165) is 9.54 Å². The third kappa shape index (κ3) is 4.18. The summed E-state index contributed by atoms with van der Waals surface area (Å²) >= 11 is 0. The fourth-order valence-corrected chi connectivity index (χ4v) is 5.75. The van der Waals surface area contributed by atoms with Crippen LogP contribution in [0.25, 0.3) is 22.2 Å². The van der Waals surface area contributed by atoms with Gasteiger partial charge >= 0.3 is 6.09 Å². The molecule has 2 N–H and O–H groups in total. The number of fused-ring (bicyclic) bond motifs is 2. The number of aromatic nitrogens is 3. The van der Waals surface area contributed by atoms with Crippen molar-refractivity contribution in [3.05, 3.63) is 65.9 Å². The number of aryl methyl sites for hydroxylation is 1. The highest BCUT2D eigenvalue weighted by molar-refractivity contribution is 7.90. The molecule has 0 radical (unpaired) electrons. The van der Waals surface area contributed by atoms with Gasteiger partial charge in [-0.15, -0.1) is 0 Å². The number of nitrogens with two attached hydrogens (primary N) is 1. The molecule has 3 heterocycles. The van der Waals surface area contributed by atoms with Crippen molar-refractivity contribution in [3.63, 3.8) is 0 Å². The number of ether oxygens (including phenoxy) is 1. The Labute approximate surface area is 213 Å². The molecule has 11 heteroatoms. The van der Waals surface area contributed by atoms with Crippen LogP contribution in [0.2, 0.25) is 0 Å². The summed E-state index contributed by atoms with van der Waals surface area (Å²) in [6, 6.07) is 9.52. The Morgan fingerprint density at radius 3 is 2.46 bits per heavy atom. The third-order valence-corrected chi connectivity index (χ3v) is 7.82. The highest BCUT2D eigenvalue weighted by Gasteiger charge is 2.33. The predicted molar refractivity (Wildman–Crippen MR) is 138 cm³/mol. The van der Waals surface area contributed by atoms with Crippen LogP contribution >= 0.6 is 0 Å². The van der Waals surface area contributed by atoms with Crippen LogP contribution in [-0.4, -0.2) is 40.6 Å². The van der Waals surface area contributed by atoms with Crippen LogP contribution in [0.5, 0.6) is 0 Å². The number of nitrogens with zero attached hydrogens (tertiary/aromatic N) is 4. The first-order chi connectivity index (χ1) is 17.4. The summed E-state index contributed by atoms with van der Waals surface area (Å²) in [4.78, 5) is 22.3. The SMILES string of the molecule is Cc1ccc(S(=O)(=O)n2cc(-c3ccc4c(c3F)CCN4C(=O)OC(C)(C)C)c3c(N)ncnc32)cc1. The number of carbonyl (C=O) groups excluding carboxylic acids is 1. The van der Waals surface area contributed by atoms with Gasteiger partial charge in [0.2, 0.25) is 0 Å². The topological polar surface area (TPSA) is 120 Å². The van der Waals surface area contributed by atoms with Crippen LogP contribution in [0.1, 0.15) is 31.9 Å². The number of benzene rings is 2. The molecule has 0 aliphatic carbocycles. The number of hydrogen-bond acceptors (Lipinski definition) is 7. The minimum Gasteiger partial charge on any atom is -0.443 e. The second kappa shape index (κ2) is 8.55. The monoisotopic (exact) mass is 523 g/mol. The van der Waals surface area contributed by atoms with Crippen LogP contribution in [0.3, 0.4) is 0 Å². The summed E-state index contributed by atoms with van der Waals surface area (Å²) in [7, 11) is -4.07. The van der Waals surface area contributed by atoms with E-state index in [-0.39, 0.29) is 45.8 Å². The normalized spacial score (nSPS) is 13.7. The minimum atomic E-state index is -4.07. The van der Waals surface area contributed by atoms with Gasteiger partial charge in [-0.3, -0.25) is 4.90 Å². The molecule has 1 aliphatic heterocycles. The first-order valence-corrected chi connectivity index (χ1v) is 13.1. The second-order valence-electron chi connectivity index (χ2n) is 9.92. The molecule has 0 atom stereocenters. The quantitative estimate of drug-likeness (QED) is 0.415. The Hall–Kier alpha value is -3.99. The highest BCUT2D eigenvalue weighted by atomic mass is 32.2. The fraction of sp³-hybridized carbons (Fsp3) is 0.269. The summed E-state index contributed by atoms with van der Waals surface area (Å²) in [6.45, 7) is 7.41.